The van der Waals surface area contributed by atoms with Crippen LogP contribution in [0.15, 0.2) is 24.3 Å². The molecule has 1 N–H and O–H groups in total. The van der Waals surface area contributed by atoms with E-state index in [1.807, 2.05) is 31.2 Å². The summed E-state index contributed by atoms with van der Waals surface area (Å²) in [5.41, 5.74) is 2.27. The van der Waals surface area contributed by atoms with Gasteiger partial charge in [0.25, 0.3) is 0 Å². The van der Waals surface area contributed by atoms with Gasteiger partial charge in [0.15, 0.2) is 12.2 Å². The number of aromatic nitrogens is 1. The number of esters is 1. The number of aryl methyl sites for hydroxylation is 1. The highest BCUT2D eigenvalue weighted by Crippen LogP contribution is 2.24. The molecule has 5 nitrogen and oxygen atoms in total. The van der Waals surface area contributed by atoms with Crippen molar-refractivity contribution in [2.45, 2.75) is 38.9 Å². The molecule has 3 rings (SSSR count). The average molecular weight is 301 g/mol. The highest BCUT2D eigenvalue weighted by Gasteiger charge is 2.30. The maximum atomic E-state index is 12.7. The first-order valence-corrected chi connectivity index (χ1v) is 7.51. The Balaban J connectivity index is 1.79. The molecule has 2 atom stereocenters. The smallest absolute Gasteiger partial charge is 0.335 e. The van der Waals surface area contributed by atoms with Gasteiger partial charge in [-0.05, 0) is 32.8 Å². The lowest BCUT2D eigenvalue weighted by Gasteiger charge is -2.15. The van der Waals surface area contributed by atoms with E-state index in [0.29, 0.717) is 18.6 Å². The zero-order chi connectivity index (χ0) is 15.7. The van der Waals surface area contributed by atoms with E-state index in [9.17, 15) is 9.59 Å². The number of ether oxygens (including phenoxy) is 2. The zero-order valence-corrected chi connectivity index (χ0v) is 12.7. The molecule has 0 amide bonds. The third kappa shape index (κ3) is 2.64. The molecule has 1 aliphatic heterocycles. The number of fused-ring (bicyclic) bond motifs is 1. The van der Waals surface area contributed by atoms with Crippen molar-refractivity contribution in [2.75, 3.05) is 6.61 Å². The van der Waals surface area contributed by atoms with Gasteiger partial charge in [0, 0.05) is 28.8 Å². The predicted octanol–water partition coefficient (Wildman–Crippen LogP) is 2.77. The second-order valence-corrected chi connectivity index (χ2v) is 5.62. The van der Waals surface area contributed by atoms with Crippen molar-refractivity contribution in [3.63, 3.8) is 0 Å². The Kier molecular flexibility index (Phi) is 3.98. The number of H-pyrrole nitrogens is 1. The van der Waals surface area contributed by atoms with Crippen LogP contribution >= 0.6 is 0 Å². The number of hydrogen-bond donors (Lipinski definition) is 1. The molecule has 2 unspecified atom stereocenters. The summed E-state index contributed by atoms with van der Waals surface area (Å²) in [6.07, 6.45) is 0.157. The van der Waals surface area contributed by atoms with Crippen LogP contribution in [0.5, 0.6) is 0 Å². The van der Waals surface area contributed by atoms with E-state index in [1.54, 1.807) is 6.92 Å². The summed E-state index contributed by atoms with van der Waals surface area (Å²) in [4.78, 5) is 27.8. The third-order valence-electron chi connectivity index (χ3n) is 3.99. The van der Waals surface area contributed by atoms with Gasteiger partial charge in [0.05, 0.1) is 0 Å². The Bertz CT molecular complexity index is 713. The van der Waals surface area contributed by atoms with Crippen molar-refractivity contribution in [1.82, 2.24) is 4.98 Å². The minimum absolute atomic E-state index is 0.193. The second-order valence-electron chi connectivity index (χ2n) is 5.62. The predicted molar refractivity (Wildman–Crippen MR) is 81.9 cm³/mol. The standard InChI is InChI=1S/C17H19NO4/c1-10-15(12-6-3-4-7-13(12)18-10)16(19)11(2)22-17(20)14-8-5-9-21-14/h3-4,6-7,11,14,18H,5,8-9H2,1-2H3. The molecule has 1 aromatic carbocycles. The molecule has 0 bridgehead atoms. The van der Waals surface area contributed by atoms with Crippen LogP contribution in [-0.4, -0.2) is 35.6 Å². The lowest BCUT2D eigenvalue weighted by atomic mass is 10.0. The molecule has 2 heterocycles. The van der Waals surface area contributed by atoms with Gasteiger partial charge in [-0.2, -0.15) is 0 Å². The number of carbonyl (C=O) groups excluding carboxylic acids is 2. The highest BCUT2D eigenvalue weighted by atomic mass is 16.6. The second kappa shape index (κ2) is 5.93. The van der Waals surface area contributed by atoms with Crippen molar-refractivity contribution in [3.8, 4) is 0 Å². The number of rotatable bonds is 4. The first-order chi connectivity index (χ1) is 10.6. The van der Waals surface area contributed by atoms with Crippen LogP contribution in [0.25, 0.3) is 10.9 Å². The first-order valence-electron chi connectivity index (χ1n) is 7.51. The first kappa shape index (κ1) is 14.8. The van der Waals surface area contributed by atoms with E-state index in [4.69, 9.17) is 9.47 Å². The Hall–Kier alpha value is -2.14. The van der Waals surface area contributed by atoms with Crippen LogP contribution in [0.4, 0.5) is 0 Å². The van der Waals surface area contributed by atoms with Gasteiger partial charge in [-0.3, -0.25) is 4.79 Å². The van der Waals surface area contributed by atoms with Crippen LogP contribution in [0, 0.1) is 6.92 Å². The van der Waals surface area contributed by atoms with Crippen molar-refractivity contribution >= 4 is 22.7 Å². The Labute approximate surface area is 128 Å². The molecular weight excluding hydrogens is 282 g/mol. The fourth-order valence-electron chi connectivity index (χ4n) is 2.86. The summed E-state index contributed by atoms with van der Waals surface area (Å²) in [7, 11) is 0. The van der Waals surface area contributed by atoms with E-state index in [-0.39, 0.29) is 5.78 Å². The van der Waals surface area contributed by atoms with Gasteiger partial charge in [0.1, 0.15) is 0 Å². The lowest BCUT2D eigenvalue weighted by Crippen LogP contribution is -2.30. The Morgan fingerprint density at radius 1 is 1.36 bits per heavy atom. The van der Waals surface area contributed by atoms with Crippen LogP contribution in [0.2, 0.25) is 0 Å². The van der Waals surface area contributed by atoms with Crippen LogP contribution in [0.1, 0.15) is 35.8 Å². The summed E-state index contributed by atoms with van der Waals surface area (Å²) in [5, 5.41) is 0.852. The molecule has 116 valence electrons. The van der Waals surface area contributed by atoms with Gasteiger partial charge in [-0.15, -0.1) is 0 Å². The summed E-state index contributed by atoms with van der Waals surface area (Å²) in [6, 6.07) is 7.60. The molecule has 0 spiro atoms. The molecule has 0 saturated carbocycles. The van der Waals surface area contributed by atoms with Crippen LogP contribution in [0.3, 0.4) is 0 Å². The van der Waals surface area contributed by atoms with Crippen LogP contribution < -0.4 is 0 Å². The number of para-hydroxylation sites is 1. The van der Waals surface area contributed by atoms with Crippen molar-refractivity contribution in [1.29, 1.82) is 0 Å². The lowest BCUT2D eigenvalue weighted by molar-refractivity contribution is -0.156. The van der Waals surface area contributed by atoms with E-state index in [1.165, 1.54) is 0 Å². The van der Waals surface area contributed by atoms with Gasteiger partial charge < -0.3 is 14.5 Å². The SMILES string of the molecule is Cc1[nH]c2ccccc2c1C(=O)C(C)OC(=O)C1CCCO1. The number of ketones is 1. The summed E-state index contributed by atoms with van der Waals surface area (Å²) in [5.74, 6) is -0.642. The molecule has 0 radical (unpaired) electrons. The molecule has 22 heavy (non-hydrogen) atoms. The number of aromatic amines is 1. The maximum Gasteiger partial charge on any atom is 0.335 e. The summed E-state index contributed by atoms with van der Waals surface area (Å²) >= 11 is 0. The molecule has 1 fully saturated rings. The van der Waals surface area contributed by atoms with Gasteiger partial charge in [-0.1, -0.05) is 18.2 Å². The fourth-order valence-corrected chi connectivity index (χ4v) is 2.86. The molecule has 2 aromatic rings. The van der Waals surface area contributed by atoms with E-state index in [0.717, 1.165) is 23.0 Å². The maximum absolute atomic E-state index is 12.7. The Morgan fingerprint density at radius 2 is 2.14 bits per heavy atom. The minimum Gasteiger partial charge on any atom is -0.452 e. The van der Waals surface area contributed by atoms with E-state index in [2.05, 4.69) is 4.98 Å². The number of Topliss-reactive ketones (excluding diaryl/α,β-unsaturated/α-hetero) is 1. The summed E-state index contributed by atoms with van der Waals surface area (Å²) in [6.45, 7) is 4.03. The number of nitrogens with one attached hydrogen (secondary N) is 1. The number of hydrogen-bond acceptors (Lipinski definition) is 4. The fraction of sp³-hybridized carbons (Fsp3) is 0.412. The largest absolute Gasteiger partial charge is 0.452 e. The van der Waals surface area contributed by atoms with E-state index < -0.39 is 18.2 Å². The molecule has 1 aliphatic rings. The molecule has 5 heteroatoms. The average Bonchev–Trinajstić information content (AvgIpc) is 3.13. The molecule has 1 aromatic heterocycles. The minimum atomic E-state index is -0.824. The van der Waals surface area contributed by atoms with Gasteiger partial charge >= 0.3 is 5.97 Å². The monoisotopic (exact) mass is 301 g/mol. The van der Waals surface area contributed by atoms with Crippen molar-refractivity contribution in [3.05, 3.63) is 35.5 Å². The zero-order valence-electron chi connectivity index (χ0n) is 12.7. The number of carbonyl (C=O) groups is 2. The Morgan fingerprint density at radius 3 is 2.86 bits per heavy atom. The normalized spacial score (nSPS) is 19.3. The van der Waals surface area contributed by atoms with Gasteiger partial charge in [-0.25, -0.2) is 4.79 Å². The number of benzene rings is 1. The molecular formula is C17H19NO4. The summed E-state index contributed by atoms with van der Waals surface area (Å²) < 4.78 is 10.6. The van der Waals surface area contributed by atoms with Crippen molar-refractivity contribution < 1.29 is 19.1 Å². The highest BCUT2D eigenvalue weighted by molar-refractivity contribution is 6.11. The van der Waals surface area contributed by atoms with Gasteiger partial charge in [0.2, 0.25) is 5.78 Å². The quantitative estimate of drug-likeness (QED) is 0.696. The van der Waals surface area contributed by atoms with Crippen LogP contribution in [-0.2, 0) is 14.3 Å². The van der Waals surface area contributed by atoms with E-state index >= 15 is 0 Å². The third-order valence-corrected chi connectivity index (χ3v) is 3.99. The van der Waals surface area contributed by atoms with Crippen molar-refractivity contribution in [2.24, 2.45) is 0 Å². The molecule has 1 saturated heterocycles. The topological polar surface area (TPSA) is 68.4 Å². The molecule has 0 aliphatic carbocycles.